The average molecular weight is 248 g/mol. The highest BCUT2D eigenvalue weighted by Crippen LogP contribution is 2.20. The summed E-state index contributed by atoms with van der Waals surface area (Å²) in [5, 5.41) is 12.5. The van der Waals surface area contributed by atoms with E-state index in [1.807, 2.05) is 19.9 Å². The molecule has 1 amide bonds. The number of nitrogens with zero attached hydrogens (tertiary/aromatic N) is 3. The van der Waals surface area contributed by atoms with Gasteiger partial charge in [-0.2, -0.15) is 0 Å². The lowest BCUT2D eigenvalue weighted by atomic mass is 10.1. The number of hydrogen-bond acceptors (Lipinski definition) is 3. The van der Waals surface area contributed by atoms with Crippen LogP contribution < -0.4 is 5.32 Å². The number of aryl methyl sites for hydroxylation is 1. The van der Waals surface area contributed by atoms with E-state index in [0.717, 1.165) is 12.0 Å². The fourth-order valence-electron chi connectivity index (χ4n) is 1.34. The fraction of sp³-hybridized carbons (Fsp3) is 0.462. The average Bonchev–Trinajstić information content (AvgIpc) is 2.34. The summed E-state index contributed by atoms with van der Waals surface area (Å²) in [6.07, 6.45) is 0.921. The molecule has 0 heterocycles. The van der Waals surface area contributed by atoms with E-state index < -0.39 is 0 Å². The van der Waals surface area contributed by atoms with E-state index in [4.69, 9.17) is 0 Å². The Bertz CT molecular complexity index is 441. The molecule has 18 heavy (non-hydrogen) atoms. The molecule has 98 valence electrons. The Morgan fingerprint density at radius 1 is 1.39 bits per heavy atom. The quantitative estimate of drug-likeness (QED) is 0.643. The minimum Gasteiger partial charge on any atom is -0.352 e. The summed E-state index contributed by atoms with van der Waals surface area (Å²) in [5.41, 5.74) is 2.32. The predicted molar refractivity (Wildman–Crippen MR) is 72.0 cm³/mol. The van der Waals surface area contributed by atoms with Crippen LogP contribution in [-0.4, -0.2) is 31.6 Å². The van der Waals surface area contributed by atoms with Gasteiger partial charge in [-0.15, -0.1) is 5.11 Å². The number of amides is 1. The summed E-state index contributed by atoms with van der Waals surface area (Å²) in [6.45, 7) is 4.64. The third-order valence-corrected chi connectivity index (χ3v) is 2.34. The van der Waals surface area contributed by atoms with Crippen molar-refractivity contribution in [1.82, 2.24) is 10.3 Å². The Morgan fingerprint density at radius 3 is 2.72 bits per heavy atom. The van der Waals surface area contributed by atoms with Crippen molar-refractivity contribution in [3.63, 3.8) is 0 Å². The molecule has 0 unspecified atom stereocenters. The van der Waals surface area contributed by atoms with Gasteiger partial charge in [-0.1, -0.05) is 18.2 Å². The van der Waals surface area contributed by atoms with Crippen molar-refractivity contribution in [3.8, 4) is 0 Å². The molecule has 5 nitrogen and oxygen atoms in total. The maximum absolute atomic E-state index is 11.8. The van der Waals surface area contributed by atoms with Gasteiger partial charge in [0.25, 0.3) is 5.91 Å². The monoisotopic (exact) mass is 248 g/mol. The van der Waals surface area contributed by atoms with Gasteiger partial charge in [0.1, 0.15) is 0 Å². The molecule has 0 aromatic heterocycles. The molecule has 0 bridgehead atoms. The van der Waals surface area contributed by atoms with Crippen LogP contribution in [0.2, 0.25) is 0 Å². The lowest BCUT2D eigenvalue weighted by Crippen LogP contribution is -2.23. The Labute approximate surface area is 108 Å². The van der Waals surface area contributed by atoms with Gasteiger partial charge in [0, 0.05) is 26.2 Å². The fourth-order valence-corrected chi connectivity index (χ4v) is 1.34. The topological polar surface area (TPSA) is 57.1 Å². The highest BCUT2D eigenvalue weighted by Gasteiger charge is 2.07. The molecule has 0 aliphatic rings. The second kappa shape index (κ2) is 6.74. The SMILES string of the molecule is CCCNC(=O)c1ccc(C)c(N=NN(C)C)c1. The van der Waals surface area contributed by atoms with Crippen molar-refractivity contribution in [2.24, 2.45) is 10.3 Å². The summed E-state index contributed by atoms with van der Waals surface area (Å²) < 4.78 is 0. The number of rotatable bonds is 5. The lowest BCUT2D eigenvalue weighted by Gasteiger charge is -2.06. The highest BCUT2D eigenvalue weighted by molar-refractivity contribution is 5.95. The van der Waals surface area contributed by atoms with Crippen LogP contribution in [0, 0.1) is 6.92 Å². The largest absolute Gasteiger partial charge is 0.352 e. The van der Waals surface area contributed by atoms with Gasteiger partial charge in [0.2, 0.25) is 0 Å². The first kappa shape index (κ1) is 14.2. The van der Waals surface area contributed by atoms with Gasteiger partial charge < -0.3 is 5.32 Å². The molecule has 0 aliphatic heterocycles. The van der Waals surface area contributed by atoms with Crippen molar-refractivity contribution in [3.05, 3.63) is 29.3 Å². The van der Waals surface area contributed by atoms with Crippen LogP contribution in [0.4, 0.5) is 5.69 Å². The van der Waals surface area contributed by atoms with Crippen LogP contribution >= 0.6 is 0 Å². The van der Waals surface area contributed by atoms with Gasteiger partial charge in [-0.3, -0.25) is 9.80 Å². The van der Waals surface area contributed by atoms with E-state index in [2.05, 4.69) is 15.7 Å². The van der Waals surface area contributed by atoms with Crippen molar-refractivity contribution in [2.75, 3.05) is 20.6 Å². The maximum Gasteiger partial charge on any atom is 0.251 e. The van der Waals surface area contributed by atoms with Crippen LogP contribution in [0.25, 0.3) is 0 Å². The summed E-state index contributed by atoms with van der Waals surface area (Å²) in [7, 11) is 3.60. The lowest BCUT2D eigenvalue weighted by molar-refractivity contribution is 0.0953. The van der Waals surface area contributed by atoms with E-state index in [9.17, 15) is 4.79 Å². The van der Waals surface area contributed by atoms with Crippen molar-refractivity contribution in [2.45, 2.75) is 20.3 Å². The van der Waals surface area contributed by atoms with Gasteiger partial charge in [-0.05, 0) is 31.0 Å². The highest BCUT2D eigenvalue weighted by atomic mass is 16.1. The molecule has 0 spiro atoms. The van der Waals surface area contributed by atoms with E-state index in [0.29, 0.717) is 17.8 Å². The van der Waals surface area contributed by atoms with Crippen LogP contribution in [0.5, 0.6) is 0 Å². The number of carbonyl (C=O) groups excluding carboxylic acids is 1. The van der Waals surface area contributed by atoms with E-state index in [-0.39, 0.29) is 5.91 Å². The molecule has 1 aromatic rings. The smallest absolute Gasteiger partial charge is 0.251 e. The number of hydrogen-bond donors (Lipinski definition) is 1. The number of benzene rings is 1. The second-order valence-electron chi connectivity index (χ2n) is 4.29. The Morgan fingerprint density at radius 2 is 2.11 bits per heavy atom. The number of nitrogens with one attached hydrogen (secondary N) is 1. The first-order valence-corrected chi connectivity index (χ1v) is 6.02. The van der Waals surface area contributed by atoms with Crippen LogP contribution in [-0.2, 0) is 0 Å². The summed E-state index contributed by atoms with van der Waals surface area (Å²) in [5.74, 6) is -0.0712. The molecular weight excluding hydrogens is 228 g/mol. The van der Waals surface area contributed by atoms with E-state index >= 15 is 0 Å². The van der Waals surface area contributed by atoms with Gasteiger partial charge in [-0.25, -0.2) is 0 Å². The molecule has 0 radical (unpaired) electrons. The standard InChI is InChI=1S/C13H20N4O/c1-5-8-14-13(18)11-7-6-10(2)12(9-11)15-16-17(3)4/h6-7,9H,5,8H2,1-4H3,(H,14,18). The molecule has 5 heteroatoms. The maximum atomic E-state index is 11.8. The van der Waals surface area contributed by atoms with Gasteiger partial charge in [0.05, 0.1) is 5.69 Å². The zero-order chi connectivity index (χ0) is 13.5. The third-order valence-electron chi connectivity index (χ3n) is 2.34. The minimum atomic E-state index is -0.0712. The van der Waals surface area contributed by atoms with Crippen LogP contribution in [0.15, 0.2) is 28.5 Å². The Hall–Kier alpha value is -1.91. The molecule has 0 atom stereocenters. The number of carbonyl (C=O) groups is 1. The molecule has 0 saturated carbocycles. The Balaban J connectivity index is 2.89. The van der Waals surface area contributed by atoms with Crippen molar-refractivity contribution < 1.29 is 4.79 Å². The molecule has 1 rings (SSSR count). The van der Waals surface area contributed by atoms with Crippen molar-refractivity contribution >= 4 is 11.6 Å². The molecule has 1 N–H and O–H groups in total. The minimum absolute atomic E-state index is 0.0712. The van der Waals surface area contributed by atoms with Gasteiger partial charge >= 0.3 is 0 Å². The molecule has 0 aliphatic carbocycles. The predicted octanol–water partition coefficient (Wildman–Crippen LogP) is 2.70. The third kappa shape index (κ3) is 4.16. The molecule has 0 saturated heterocycles. The zero-order valence-corrected chi connectivity index (χ0v) is 11.4. The van der Waals surface area contributed by atoms with Gasteiger partial charge in [0.15, 0.2) is 0 Å². The molecule has 0 fully saturated rings. The summed E-state index contributed by atoms with van der Waals surface area (Å²) in [4.78, 5) is 11.8. The summed E-state index contributed by atoms with van der Waals surface area (Å²) >= 11 is 0. The normalized spacial score (nSPS) is 10.7. The van der Waals surface area contributed by atoms with E-state index in [1.165, 1.54) is 0 Å². The first-order chi connectivity index (χ1) is 8.54. The Kier molecular flexibility index (Phi) is 5.30. The zero-order valence-electron chi connectivity index (χ0n) is 11.4. The van der Waals surface area contributed by atoms with Crippen LogP contribution in [0.1, 0.15) is 29.3 Å². The summed E-state index contributed by atoms with van der Waals surface area (Å²) in [6, 6.07) is 5.44. The van der Waals surface area contributed by atoms with Crippen molar-refractivity contribution in [1.29, 1.82) is 0 Å². The second-order valence-corrected chi connectivity index (χ2v) is 4.29. The molecular formula is C13H20N4O. The first-order valence-electron chi connectivity index (χ1n) is 6.02. The van der Waals surface area contributed by atoms with E-state index in [1.54, 1.807) is 31.2 Å². The molecule has 1 aromatic carbocycles. The van der Waals surface area contributed by atoms with Crippen LogP contribution in [0.3, 0.4) is 0 Å².